The molecule has 1 rings (SSSR count). The maximum absolute atomic E-state index is 12.5. The molecule has 10 nitrogen and oxygen atoms in total. The van der Waals surface area contributed by atoms with Gasteiger partial charge in [0.1, 0.15) is 31.3 Å². The van der Waals surface area contributed by atoms with Crippen LogP contribution in [0.5, 0.6) is 0 Å². The Morgan fingerprint density at radius 1 is 1.06 bits per heavy atom. The summed E-state index contributed by atoms with van der Waals surface area (Å²) in [6.07, 6.45) is -3.84. The third-order valence-electron chi connectivity index (χ3n) is 4.37. The van der Waals surface area contributed by atoms with Crippen molar-refractivity contribution in [3.05, 3.63) is 35.9 Å². The van der Waals surface area contributed by atoms with Gasteiger partial charge in [0.15, 0.2) is 0 Å². The zero-order chi connectivity index (χ0) is 24.3. The number of amides is 1. The quantitative estimate of drug-likeness (QED) is 0.202. The third kappa shape index (κ3) is 11.6. The van der Waals surface area contributed by atoms with Crippen LogP contribution in [0.4, 0.5) is 4.79 Å². The average Bonchev–Trinajstić information content (AvgIpc) is 2.69. The first-order valence-corrected chi connectivity index (χ1v) is 12.3. The molecule has 0 fully saturated rings. The SMILES string of the molecule is CC(C)CC(NC(O)C(CC(C)C)OP(=O)(O)CNC(=O)OCc1ccccc1)C(=O)O. The Morgan fingerprint density at radius 3 is 2.19 bits per heavy atom. The number of carboxylic acid groups (broad SMARTS) is 1. The molecule has 0 aliphatic carbocycles. The Labute approximate surface area is 188 Å². The minimum absolute atomic E-state index is 0.00566. The van der Waals surface area contributed by atoms with Crippen LogP contribution in [0.2, 0.25) is 0 Å². The Morgan fingerprint density at radius 2 is 1.66 bits per heavy atom. The number of rotatable bonds is 14. The molecular formula is C21H35N2O8P. The van der Waals surface area contributed by atoms with Crippen LogP contribution in [0.1, 0.15) is 46.1 Å². The number of benzene rings is 1. The fourth-order valence-corrected chi connectivity index (χ4v) is 3.93. The van der Waals surface area contributed by atoms with Crippen molar-refractivity contribution >= 4 is 19.7 Å². The molecule has 5 N–H and O–H groups in total. The molecule has 0 spiro atoms. The number of ether oxygens (including phenoxy) is 1. The molecule has 1 aromatic carbocycles. The van der Waals surface area contributed by atoms with Crippen LogP contribution >= 0.6 is 7.60 Å². The molecule has 0 aromatic heterocycles. The number of aliphatic hydroxyl groups excluding tert-OH is 1. The summed E-state index contributed by atoms with van der Waals surface area (Å²) in [6.45, 7) is 7.34. The maximum atomic E-state index is 12.5. The van der Waals surface area contributed by atoms with Crippen LogP contribution in [0.25, 0.3) is 0 Å². The van der Waals surface area contributed by atoms with E-state index in [-0.39, 0.29) is 31.3 Å². The highest BCUT2D eigenvalue weighted by Gasteiger charge is 2.33. The van der Waals surface area contributed by atoms with Crippen molar-refractivity contribution in [2.75, 3.05) is 6.29 Å². The lowest BCUT2D eigenvalue weighted by atomic mass is 10.0. The highest BCUT2D eigenvalue weighted by Crippen LogP contribution is 2.43. The van der Waals surface area contributed by atoms with Crippen LogP contribution in [-0.4, -0.2) is 51.8 Å². The fourth-order valence-electron chi connectivity index (χ4n) is 2.91. The van der Waals surface area contributed by atoms with Crippen molar-refractivity contribution in [3.8, 4) is 0 Å². The van der Waals surface area contributed by atoms with Crippen LogP contribution < -0.4 is 10.6 Å². The van der Waals surface area contributed by atoms with Crippen molar-refractivity contribution in [2.24, 2.45) is 11.8 Å². The van der Waals surface area contributed by atoms with Gasteiger partial charge in [-0.25, -0.2) is 4.79 Å². The van der Waals surface area contributed by atoms with Crippen LogP contribution in [-0.2, 0) is 25.2 Å². The van der Waals surface area contributed by atoms with E-state index in [1.165, 1.54) is 0 Å². The van der Waals surface area contributed by atoms with Gasteiger partial charge in [0, 0.05) is 0 Å². The largest absolute Gasteiger partial charge is 0.480 e. The zero-order valence-electron chi connectivity index (χ0n) is 18.9. The smallest absolute Gasteiger partial charge is 0.408 e. The van der Waals surface area contributed by atoms with Crippen LogP contribution in [0, 0.1) is 11.8 Å². The first-order chi connectivity index (χ1) is 14.9. The molecule has 0 saturated carbocycles. The minimum atomic E-state index is -4.36. The maximum Gasteiger partial charge on any atom is 0.408 e. The molecule has 4 atom stereocenters. The minimum Gasteiger partial charge on any atom is -0.480 e. The molecule has 0 bridgehead atoms. The highest BCUT2D eigenvalue weighted by molar-refractivity contribution is 7.52. The van der Waals surface area contributed by atoms with Gasteiger partial charge in [0.05, 0.1) is 0 Å². The molecular weight excluding hydrogens is 439 g/mol. The number of hydrogen-bond donors (Lipinski definition) is 5. The van der Waals surface area contributed by atoms with E-state index in [1.807, 2.05) is 33.8 Å². The third-order valence-corrected chi connectivity index (χ3v) is 5.53. The number of alkyl carbamates (subject to hydrolysis) is 1. The number of hydrogen-bond acceptors (Lipinski definition) is 7. The summed E-state index contributed by atoms with van der Waals surface area (Å²) >= 11 is 0. The molecule has 182 valence electrons. The molecule has 0 radical (unpaired) electrons. The standard InChI is InChI=1S/C21H35N2O8P/c1-14(2)10-17(20(25)26)23-19(24)18(11-15(3)4)31-32(28,29)13-22-21(27)30-12-16-8-6-5-7-9-16/h5-9,14-15,17-19,23-24H,10-13H2,1-4H3,(H,22,27)(H,25,26)(H,28,29). The number of carbonyl (C=O) groups is 2. The van der Waals surface area contributed by atoms with E-state index in [9.17, 15) is 29.3 Å². The monoisotopic (exact) mass is 474 g/mol. The van der Waals surface area contributed by atoms with E-state index >= 15 is 0 Å². The molecule has 0 saturated heterocycles. The molecule has 4 unspecified atom stereocenters. The van der Waals surface area contributed by atoms with Crippen molar-refractivity contribution in [1.29, 1.82) is 0 Å². The Balaban J connectivity index is 2.67. The molecule has 11 heteroatoms. The molecule has 1 aromatic rings. The summed E-state index contributed by atoms with van der Waals surface area (Å²) in [5.41, 5.74) is 0.756. The number of nitrogens with one attached hydrogen (secondary N) is 2. The predicted molar refractivity (Wildman–Crippen MR) is 119 cm³/mol. The second-order valence-corrected chi connectivity index (χ2v) is 10.2. The number of carboxylic acids is 1. The van der Waals surface area contributed by atoms with Gasteiger partial charge in [-0.05, 0) is 30.2 Å². The van der Waals surface area contributed by atoms with Gasteiger partial charge in [-0.3, -0.25) is 19.2 Å². The number of aliphatic carboxylic acids is 1. The van der Waals surface area contributed by atoms with Crippen molar-refractivity contribution in [3.63, 3.8) is 0 Å². The van der Waals surface area contributed by atoms with Crippen molar-refractivity contribution in [2.45, 2.75) is 65.5 Å². The number of aliphatic hydroxyl groups is 1. The van der Waals surface area contributed by atoms with E-state index in [0.29, 0.717) is 0 Å². The molecule has 0 aliphatic heterocycles. The summed E-state index contributed by atoms with van der Waals surface area (Å²) in [6, 6.07) is 7.88. The highest BCUT2D eigenvalue weighted by atomic mass is 31.2. The molecule has 0 heterocycles. The first kappa shape index (κ1) is 28.1. The van der Waals surface area contributed by atoms with E-state index in [0.717, 1.165) is 5.56 Å². The van der Waals surface area contributed by atoms with Gasteiger partial charge in [0.2, 0.25) is 0 Å². The second kappa shape index (κ2) is 13.5. The Hall–Kier alpha value is -1.97. The van der Waals surface area contributed by atoms with E-state index in [1.54, 1.807) is 24.3 Å². The summed E-state index contributed by atoms with van der Waals surface area (Å²) in [7, 11) is -4.36. The van der Waals surface area contributed by atoms with Gasteiger partial charge in [-0.2, -0.15) is 0 Å². The lowest BCUT2D eigenvalue weighted by molar-refractivity contribution is -0.141. The molecule has 0 aliphatic rings. The van der Waals surface area contributed by atoms with Gasteiger partial charge >= 0.3 is 19.7 Å². The predicted octanol–water partition coefficient (Wildman–Crippen LogP) is 2.89. The topological polar surface area (TPSA) is 154 Å². The van der Waals surface area contributed by atoms with Crippen molar-refractivity contribution in [1.82, 2.24) is 10.6 Å². The lowest BCUT2D eigenvalue weighted by Gasteiger charge is -2.29. The summed E-state index contributed by atoms with van der Waals surface area (Å²) in [5, 5.41) is 24.6. The normalized spacial score (nSPS) is 16.2. The summed E-state index contributed by atoms with van der Waals surface area (Å²) in [4.78, 5) is 33.5. The van der Waals surface area contributed by atoms with Gasteiger partial charge in [-0.15, -0.1) is 0 Å². The van der Waals surface area contributed by atoms with Gasteiger partial charge in [0.25, 0.3) is 0 Å². The van der Waals surface area contributed by atoms with E-state index in [2.05, 4.69) is 10.6 Å². The Bertz CT molecular complexity index is 759. The van der Waals surface area contributed by atoms with Crippen LogP contribution in [0.15, 0.2) is 30.3 Å². The number of carbonyl (C=O) groups excluding carboxylic acids is 1. The fraction of sp³-hybridized carbons (Fsp3) is 0.619. The zero-order valence-corrected chi connectivity index (χ0v) is 19.8. The van der Waals surface area contributed by atoms with E-state index < -0.39 is 44.3 Å². The van der Waals surface area contributed by atoms with Crippen molar-refractivity contribution < 1.29 is 38.5 Å². The Kier molecular flexibility index (Phi) is 11.9. The second-order valence-electron chi connectivity index (χ2n) is 8.44. The average molecular weight is 474 g/mol. The summed E-state index contributed by atoms with van der Waals surface area (Å²) in [5.74, 6) is -1.11. The van der Waals surface area contributed by atoms with Gasteiger partial charge in [-0.1, -0.05) is 58.0 Å². The van der Waals surface area contributed by atoms with Gasteiger partial charge < -0.3 is 25.2 Å². The lowest BCUT2D eigenvalue weighted by Crippen LogP contribution is -2.50. The van der Waals surface area contributed by atoms with Crippen LogP contribution in [0.3, 0.4) is 0 Å². The molecule has 1 amide bonds. The molecule has 32 heavy (non-hydrogen) atoms. The first-order valence-electron chi connectivity index (χ1n) is 10.5. The summed E-state index contributed by atoms with van der Waals surface area (Å²) < 4.78 is 22.7. The van der Waals surface area contributed by atoms with E-state index in [4.69, 9.17) is 9.26 Å².